The van der Waals surface area contributed by atoms with Crippen LogP contribution >= 0.6 is 0 Å². The average molecular weight is 112 g/mol. The van der Waals surface area contributed by atoms with Gasteiger partial charge in [-0.05, 0) is 19.9 Å². The SMILES string of the molecule is [CH2]CNC(=O)C=CC. The first-order chi connectivity index (χ1) is 3.81. The molecule has 0 unspecified atom stereocenters. The summed E-state index contributed by atoms with van der Waals surface area (Å²) < 4.78 is 0. The summed E-state index contributed by atoms with van der Waals surface area (Å²) >= 11 is 0. The van der Waals surface area contributed by atoms with Crippen molar-refractivity contribution in [2.45, 2.75) is 6.92 Å². The Morgan fingerprint density at radius 3 is 2.88 bits per heavy atom. The maximum atomic E-state index is 10.4. The second-order valence-corrected chi connectivity index (χ2v) is 1.29. The Hall–Kier alpha value is -0.790. The quantitative estimate of drug-likeness (QED) is 0.518. The molecule has 0 saturated carbocycles. The maximum Gasteiger partial charge on any atom is 0.243 e. The molecule has 0 atom stereocenters. The smallest absolute Gasteiger partial charge is 0.243 e. The van der Waals surface area contributed by atoms with Gasteiger partial charge >= 0.3 is 0 Å². The van der Waals surface area contributed by atoms with Gasteiger partial charge in [0.2, 0.25) is 5.91 Å². The van der Waals surface area contributed by atoms with E-state index in [2.05, 4.69) is 12.2 Å². The van der Waals surface area contributed by atoms with Gasteiger partial charge < -0.3 is 5.32 Å². The highest BCUT2D eigenvalue weighted by Crippen LogP contribution is 1.68. The van der Waals surface area contributed by atoms with Crippen molar-refractivity contribution in [2.24, 2.45) is 0 Å². The second kappa shape index (κ2) is 4.37. The number of nitrogens with one attached hydrogen (secondary N) is 1. The monoisotopic (exact) mass is 112 g/mol. The van der Waals surface area contributed by atoms with Crippen molar-refractivity contribution < 1.29 is 4.79 Å². The summed E-state index contributed by atoms with van der Waals surface area (Å²) in [5, 5.41) is 2.51. The Labute approximate surface area is 49.6 Å². The molecule has 0 heterocycles. The average Bonchev–Trinajstić information content (AvgIpc) is 1.68. The molecule has 0 fully saturated rings. The molecule has 2 nitrogen and oxygen atoms in total. The lowest BCUT2D eigenvalue weighted by molar-refractivity contribution is -0.116. The van der Waals surface area contributed by atoms with Gasteiger partial charge in [-0.25, -0.2) is 0 Å². The van der Waals surface area contributed by atoms with Gasteiger partial charge in [0.05, 0.1) is 0 Å². The minimum absolute atomic E-state index is 0.0810. The third-order valence-electron chi connectivity index (χ3n) is 0.617. The number of amides is 1. The number of allylic oxidation sites excluding steroid dienone is 1. The first kappa shape index (κ1) is 7.21. The molecule has 45 valence electrons. The molecule has 0 saturated heterocycles. The van der Waals surface area contributed by atoms with Gasteiger partial charge in [-0.15, -0.1) is 0 Å². The van der Waals surface area contributed by atoms with E-state index in [9.17, 15) is 4.79 Å². The molecule has 0 aromatic rings. The molecular formula is C6H10NO. The van der Waals surface area contributed by atoms with Crippen LogP contribution in [-0.4, -0.2) is 12.5 Å². The summed E-state index contributed by atoms with van der Waals surface area (Å²) in [7, 11) is 0. The van der Waals surface area contributed by atoms with Crippen LogP contribution in [0.15, 0.2) is 12.2 Å². The van der Waals surface area contributed by atoms with E-state index in [4.69, 9.17) is 0 Å². The molecule has 1 amide bonds. The van der Waals surface area contributed by atoms with E-state index in [0.717, 1.165) is 0 Å². The first-order valence-corrected chi connectivity index (χ1v) is 2.51. The Bertz CT molecular complexity index is 96.7. The Kier molecular flexibility index (Phi) is 3.94. The minimum Gasteiger partial charge on any atom is -0.353 e. The lowest BCUT2D eigenvalue weighted by Crippen LogP contribution is -2.19. The summed E-state index contributed by atoms with van der Waals surface area (Å²) in [6.45, 7) is 5.68. The van der Waals surface area contributed by atoms with E-state index in [1.165, 1.54) is 6.08 Å². The first-order valence-electron chi connectivity index (χ1n) is 2.51. The van der Waals surface area contributed by atoms with Gasteiger partial charge in [0, 0.05) is 6.54 Å². The van der Waals surface area contributed by atoms with Crippen molar-refractivity contribution in [1.29, 1.82) is 0 Å². The second-order valence-electron chi connectivity index (χ2n) is 1.29. The molecule has 8 heavy (non-hydrogen) atoms. The third-order valence-corrected chi connectivity index (χ3v) is 0.617. The highest BCUT2D eigenvalue weighted by molar-refractivity contribution is 5.87. The fourth-order valence-corrected chi connectivity index (χ4v) is 0.334. The topological polar surface area (TPSA) is 29.1 Å². The molecule has 0 aliphatic rings. The molecule has 0 aromatic heterocycles. The van der Waals surface area contributed by atoms with Crippen LogP contribution in [-0.2, 0) is 4.79 Å². The summed E-state index contributed by atoms with van der Waals surface area (Å²) in [4.78, 5) is 10.4. The van der Waals surface area contributed by atoms with Crippen LogP contribution in [0.25, 0.3) is 0 Å². The molecular weight excluding hydrogens is 102 g/mol. The summed E-state index contributed by atoms with van der Waals surface area (Å²) in [5.41, 5.74) is 0. The fraction of sp³-hybridized carbons (Fsp3) is 0.333. The lowest BCUT2D eigenvalue weighted by Gasteiger charge is -1.91. The Morgan fingerprint density at radius 2 is 2.50 bits per heavy atom. The molecule has 0 aliphatic carbocycles. The van der Waals surface area contributed by atoms with Crippen LogP contribution in [0, 0.1) is 6.92 Å². The molecule has 2 heteroatoms. The molecule has 0 aromatic carbocycles. The standard InChI is InChI=1S/C6H10NO/c1-3-5-6(8)7-4-2/h3,5H,2,4H2,1H3,(H,7,8). The van der Waals surface area contributed by atoms with Crippen LogP contribution in [0.3, 0.4) is 0 Å². The molecule has 1 N–H and O–H groups in total. The van der Waals surface area contributed by atoms with E-state index >= 15 is 0 Å². The summed E-state index contributed by atoms with van der Waals surface area (Å²) in [6.07, 6.45) is 3.15. The highest BCUT2D eigenvalue weighted by atomic mass is 16.1. The fourth-order valence-electron chi connectivity index (χ4n) is 0.334. The van der Waals surface area contributed by atoms with Crippen molar-refractivity contribution in [3.63, 3.8) is 0 Å². The third kappa shape index (κ3) is 3.40. The number of rotatable bonds is 2. The Balaban J connectivity index is 3.33. The van der Waals surface area contributed by atoms with Gasteiger partial charge in [-0.1, -0.05) is 6.08 Å². The van der Waals surface area contributed by atoms with E-state index in [-0.39, 0.29) is 5.91 Å². The molecule has 0 bridgehead atoms. The van der Waals surface area contributed by atoms with Crippen molar-refractivity contribution >= 4 is 5.91 Å². The van der Waals surface area contributed by atoms with Gasteiger partial charge in [-0.3, -0.25) is 4.79 Å². The van der Waals surface area contributed by atoms with Crippen LogP contribution < -0.4 is 5.32 Å². The maximum absolute atomic E-state index is 10.4. The van der Waals surface area contributed by atoms with Crippen LogP contribution in [0.4, 0.5) is 0 Å². The van der Waals surface area contributed by atoms with Crippen molar-refractivity contribution in [2.75, 3.05) is 6.54 Å². The van der Waals surface area contributed by atoms with E-state index in [0.29, 0.717) is 6.54 Å². The minimum atomic E-state index is -0.0810. The largest absolute Gasteiger partial charge is 0.353 e. The molecule has 1 radical (unpaired) electrons. The predicted molar refractivity (Wildman–Crippen MR) is 33.2 cm³/mol. The van der Waals surface area contributed by atoms with E-state index in [1.54, 1.807) is 13.0 Å². The van der Waals surface area contributed by atoms with E-state index < -0.39 is 0 Å². The zero-order chi connectivity index (χ0) is 6.41. The van der Waals surface area contributed by atoms with Crippen molar-refractivity contribution in [3.05, 3.63) is 19.1 Å². The van der Waals surface area contributed by atoms with E-state index in [1.807, 2.05) is 0 Å². The highest BCUT2D eigenvalue weighted by Gasteiger charge is 1.85. The zero-order valence-electron chi connectivity index (χ0n) is 4.98. The summed E-state index contributed by atoms with van der Waals surface area (Å²) in [6, 6.07) is 0. The molecule has 0 aliphatic heterocycles. The van der Waals surface area contributed by atoms with Gasteiger partial charge in [0.1, 0.15) is 0 Å². The zero-order valence-corrected chi connectivity index (χ0v) is 4.98. The van der Waals surface area contributed by atoms with Gasteiger partial charge in [0.25, 0.3) is 0 Å². The van der Waals surface area contributed by atoms with Gasteiger partial charge in [0.15, 0.2) is 0 Å². The molecule has 0 rings (SSSR count). The number of hydrogen-bond acceptors (Lipinski definition) is 1. The number of carbonyl (C=O) groups excluding carboxylic acids is 1. The lowest BCUT2D eigenvalue weighted by atomic mass is 10.5. The van der Waals surface area contributed by atoms with Crippen LogP contribution in [0.5, 0.6) is 0 Å². The van der Waals surface area contributed by atoms with Crippen LogP contribution in [0.2, 0.25) is 0 Å². The number of hydrogen-bond donors (Lipinski definition) is 1. The normalized spacial score (nSPS) is 9.75. The van der Waals surface area contributed by atoms with Crippen LogP contribution in [0.1, 0.15) is 6.92 Å². The van der Waals surface area contributed by atoms with Crippen molar-refractivity contribution in [1.82, 2.24) is 5.32 Å². The van der Waals surface area contributed by atoms with Gasteiger partial charge in [-0.2, -0.15) is 0 Å². The van der Waals surface area contributed by atoms with Crippen molar-refractivity contribution in [3.8, 4) is 0 Å². The number of carbonyl (C=O) groups is 1. The summed E-state index contributed by atoms with van der Waals surface area (Å²) in [5.74, 6) is -0.0810. The molecule has 0 spiro atoms. The Morgan fingerprint density at radius 1 is 1.88 bits per heavy atom. The predicted octanol–water partition coefficient (Wildman–Crippen LogP) is 0.513.